The number of para-hydroxylation sites is 3. The number of nitrogens with zero attached hydrogens (tertiary/aromatic N) is 4. The predicted octanol–water partition coefficient (Wildman–Crippen LogP) is 4.04. The summed E-state index contributed by atoms with van der Waals surface area (Å²) >= 11 is 1.21. The number of hydrogen-bond acceptors (Lipinski definition) is 7. The van der Waals surface area contributed by atoms with Gasteiger partial charge in [0.15, 0.2) is 11.0 Å². The van der Waals surface area contributed by atoms with Gasteiger partial charge in [-0.05, 0) is 37.1 Å². The molecule has 0 spiro atoms. The number of ether oxygens (including phenoxy) is 1. The first kappa shape index (κ1) is 21.2. The van der Waals surface area contributed by atoms with Gasteiger partial charge in [0.1, 0.15) is 17.4 Å². The molecule has 166 valence electrons. The summed E-state index contributed by atoms with van der Waals surface area (Å²) in [6, 6.07) is 16.7. The number of benzene rings is 2. The van der Waals surface area contributed by atoms with Gasteiger partial charge in [0.05, 0.1) is 40.3 Å². The van der Waals surface area contributed by atoms with Crippen LogP contribution in [0.15, 0.2) is 64.2 Å². The molecule has 1 aliphatic heterocycles. The van der Waals surface area contributed by atoms with Gasteiger partial charge in [-0.1, -0.05) is 36.0 Å². The van der Waals surface area contributed by atoms with Crippen LogP contribution < -0.4 is 5.56 Å². The third-order valence-electron chi connectivity index (χ3n) is 5.60. The van der Waals surface area contributed by atoms with E-state index in [0.717, 1.165) is 18.4 Å². The molecule has 1 saturated heterocycles. The molecule has 0 aliphatic carbocycles. The minimum Gasteiger partial charge on any atom is -0.510 e. The van der Waals surface area contributed by atoms with Crippen molar-refractivity contribution in [1.29, 1.82) is 5.26 Å². The molecule has 1 atom stereocenters. The van der Waals surface area contributed by atoms with Crippen molar-refractivity contribution < 1.29 is 9.84 Å². The monoisotopic (exact) mass is 459 g/mol. The Morgan fingerprint density at radius 2 is 2.00 bits per heavy atom. The molecule has 33 heavy (non-hydrogen) atoms. The van der Waals surface area contributed by atoms with E-state index in [2.05, 4.69) is 15.0 Å². The van der Waals surface area contributed by atoms with E-state index in [-0.39, 0.29) is 28.7 Å². The quantitative estimate of drug-likeness (QED) is 0.193. The van der Waals surface area contributed by atoms with Crippen molar-refractivity contribution in [2.24, 2.45) is 0 Å². The standard InChI is InChI=1S/C24H21N5O3S/c25-12-17(22-26-19-9-3-4-10-20(19)27-22)21(30)14-33-24-28-18-8-2-1-7-16(18)23(31)29(24)13-15-6-5-11-32-15/h1-4,7-10,15,30H,5-6,11,13-14H2,(H,26,27). The highest BCUT2D eigenvalue weighted by Crippen LogP contribution is 2.25. The summed E-state index contributed by atoms with van der Waals surface area (Å²) in [6.07, 6.45) is 1.81. The lowest BCUT2D eigenvalue weighted by atomic mass is 10.2. The Labute approximate surface area is 193 Å². The fourth-order valence-electron chi connectivity index (χ4n) is 3.94. The number of H-pyrrole nitrogens is 1. The minimum absolute atomic E-state index is 0.0423. The Kier molecular flexibility index (Phi) is 5.86. The van der Waals surface area contributed by atoms with Crippen molar-refractivity contribution in [3.05, 3.63) is 70.5 Å². The van der Waals surface area contributed by atoms with E-state index >= 15 is 0 Å². The van der Waals surface area contributed by atoms with Crippen LogP contribution in [0.1, 0.15) is 18.7 Å². The molecule has 3 heterocycles. The summed E-state index contributed by atoms with van der Waals surface area (Å²) in [5, 5.41) is 21.4. The number of aliphatic hydroxyl groups is 1. The number of allylic oxidation sites excluding steroid dienone is 1. The Balaban J connectivity index is 1.48. The third-order valence-corrected chi connectivity index (χ3v) is 6.59. The zero-order valence-electron chi connectivity index (χ0n) is 17.7. The summed E-state index contributed by atoms with van der Waals surface area (Å²) in [7, 11) is 0. The summed E-state index contributed by atoms with van der Waals surface area (Å²) in [5.74, 6) is 0.239. The van der Waals surface area contributed by atoms with Crippen LogP contribution in [0.25, 0.3) is 27.5 Å². The van der Waals surface area contributed by atoms with Crippen LogP contribution in [0.2, 0.25) is 0 Å². The summed E-state index contributed by atoms with van der Waals surface area (Å²) in [6.45, 7) is 1.09. The van der Waals surface area contributed by atoms with Crippen LogP contribution in [-0.2, 0) is 11.3 Å². The average Bonchev–Trinajstić information content (AvgIpc) is 3.50. The zero-order chi connectivity index (χ0) is 22.8. The Bertz CT molecular complexity index is 1430. The van der Waals surface area contributed by atoms with E-state index in [4.69, 9.17) is 4.74 Å². The van der Waals surface area contributed by atoms with Gasteiger partial charge in [-0.2, -0.15) is 5.26 Å². The Hall–Kier alpha value is -3.61. The van der Waals surface area contributed by atoms with E-state index in [1.165, 1.54) is 11.8 Å². The normalized spacial score (nSPS) is 16.8. The van der Waals surface area contributed by atoms with E-state index in [1.807, 2.05) is 42.5 Å². The van der Waals surface area contributed by atoms with E-state index in [0.29, 0.717) is 40.6 Å². The number of aromatic amines is 1. The van der Waals surface area contributed by atoms with Gasteiger partial charge in [0.25, 0.3) is 5.56 Å². The molecule has 9 heteroatoms. The maximum Gasteiger partial charge on any atom is 0.262 e. The lowest BCUT2D eigenvalue weighted by Crippen LogP contribution is -2.28. The van der Waals surface area contributed by atoms with Crippen molar-refractivity contribution in [3.63, 3.8) is 0 Å². The van der Waals surface area contributed by atoms with Gasteiger partial charge < -0.3 is 14.8 Å². The second-order valence-corrected chi connectivity index (χ2v) is 8.73. The maximum absolute atomic E-state index is 13.2. The van der Waals surface area contributed by atoms with Crippen LogP contribution in [0.3, 0.4) is 0 Å². The molecule has 1 unspecified atom stereocenters. The molecule has 0 bridgehead atoms. The van der Waals surface area contributed by atoms with Crippen molar-refractivity contribution >= 4 is 39.3 Å². The molecular formula is C24H21N5O3S. The van der Waals surface area contributed by atoms with Crippen LogP contribution in [0.5, 0.6) is 0 Å². The Morgan fingerprint density at radius 3 is 2.76 bits per heavy atom. The highest BCUT2D eigenvalue weighted by molar-refractivity contribution is 7.99. The van der Waals surface area contributed by atoms with Gasteiger partial charge >= 0.3 is 0 Å². The molecule has 2 N–H and O–H groups in total. The van der Waals surface area contributed by atoms with Crippen molar-refractivity contribution in [3.8, 4) is 6.07 Å². The van der Waals surface area contributed by atoms with Crippen molar-refractivity contribution in [2.45, 2.75) is 30.6 Å². The molecular weight excluding hydrogens is 438 g/mol. The highest BCUT2D eigenvalue weighted by atomic mass is 32.2. The minimum atomic E-state index is -0.139. The second kappa shape index (κ2) is 9.10. The molecule has 0 amide bonds. The fraction of sp³-hybridized carbons (Fsp3) is 0.250. The summed E-state index contributed by atoms with van der Waals surface area (Å²) < 4.78 is 7.35. The molecule has 5 rings (SSSR count). The number of hydrogen-bond donors (Lipinski definition) is 2. The summed E-state index contributed by atoms with van der Waals surface area (Å²) in [4.78, 5) is 25.4. The number of imidazole rings is 1. The molecule has 0 radical (unpaired) electrons. The second-order valence-electron chi connectivity index (χ2n) is 7.79. The molecule has 0 saturated carbocycles. The van der Waals surface area contributed by atoms with Crippen LogP contribution in [-0.4, -0.2) is 43.1 Å². The lowest BCUT2D eigenvalue weighted by molar-refractivity contribution is 0.0937. The topological polar surface area (TPSA) is 117 Å². The molecule has 4 aromatic rings. The molecule has 2 aromatic heterocycles. The highest BCUT2D eigenvalue weighted by Gasteiger charge is 2.21. The number of thioether (sulfide) groups is 1. The molecule has 1 fully saturated rings. The van der Waals surface area contributed by atoms with Gasteiger partial charge in [-0.3, -0.25) is 9.36 Å². The van der Waals surface area contributed by atoms with Gasteiger partial charge in [-0.25, -0.2) is 9.97 Å². The van der Waals surface area contributed by atoms with Crippen molar-refractivity contribution in [2.75, 3.05) is 12.4 Å². The number of rotatable bonds is 6. The van der Waals surface area contributed by atoms with Gasteiger partial charge in [0.2, 0.25) is 0 Å². The SMILES string of the molecule is N#CC(=C(O)CSc1nc2ccccc2c(=O)n1CC1CCCO1)c1nc2ccccc2[nH]1. The number of nitrogens with one attached hydrogen (secondary N) is 1. The van der Waals surface area contributed by atoms with E-state index in [9.17, 15) is 15.2 Å². The molecule has 2 aromatic carbocycles. The zero-order valence-corrected chi connectivity index (χ0v) is 18.5. The first-order valence-electron chi connectivity index (χ1n) is 10.7. The number of aliphatic hydroxyl groups excluding tert-OH is 1. The van der Waals surface area contributed by atoms with E-state index < -0.39 is 0 Å². The van der Waals surface area contributed by atoms with Gasteiger partial charge in [0, 0.05) is 6.61 Å². The van der Waals surface area contributed by atoms with Crippen LogP contribution in [0.4, 0.5) is 0 Å². The first-order chi connectivity index (χ1) is 16.1. The fourth-order valence-corrected chi connectivity index (χ4v) is 4.83. The molecule has 8 nitrogen and oxygen atoms in total. The number of aromatic nitrogens is 4. The predicted molar refractivity (Wildman–Crippen MR) is 127 cm³/mol. The smallest absolute Gasteiger partial charge is 0.262 e. The number of fused-ring (bicyclic) bond motifs is 2. The van der Waals surface area contributed by atoms with Crippen LogP contribution >= 0.6 is 11.8 Å². The largest absolute Gasteiger partial charge is 0.510 e. The third kappa shape index (κ3) is 4.23. The van der Waals surface area contributed by atoms with Crippen LogP contribution in [0, 0.1) is 11.3 Å². The number of nitriles is 1. The van der Waals surface area contributed by atoms with Gasteiger partial charge in [-0.15, -0.1) is 0 Å². The van der Waals surface area contributed by atoms with E-state index in [1.54, 1.807) is 16.7 Å². The Morgan fingerprint density at radius 1 is 1.21 bits per heavy atom. The lowest BCUT2D eigenvalue weighted by Gasteiger charge is -2.16. The summed E-state index contributed by atoms with van der Waals surface area (Å²) in [5.41, 5.74) is 2.01. The average molecular weight is 460 g/mol. The first-order valence-corrected chi connectivity index (χ1v) is 11.6. The maximum atomic E-state index is 13.2. The van der Waals surface area contributed by atoms with Crippen molar-refractivity contribution in [1.82, 2.24) is 19.5 Å². The molecule has 1 aliphatic rings.